The molecule has 1 aliphatic heterocycles. The van der Waals surface area contributed by atoms with Gasteiger partial charge in [0.2, 0.25) is 0 Å². The molecule has 0 aromatic carbocycles. The normalized spacial score (nSPS) is 12.7. The lowest BCUT2D eigenvalue weighted by atomic mass is 10.2. The molecule has 1 aromatic heterocycles. The summed E-state index contributed by atoms with van der Waals surface area (Å²) >= 11 is 0. The van der Waals surface area contributed by atoms with Gasteiger partial charge in [-0.05, 0) is 18.6 Å². The van der Waals surface area contributed by atoms with Crippen LogP contribution >= 0.6 is 0 Å². The fraction of sp³-hybridized carbons (Fsp3) is 0.583. The van der Waals surface area contributed by atoms with E-state index in [0.717, 1.165) is 5.82 Å². The summed E-state index contributed by atoms with van der Waals surface area (Å²) in [7, 11) is 0. The molecule has 0 unspecified atom stereocenters. The Labute approximate surface area is 88.0 Å². The number of nitrogens with zero attached hydrogens (tertiary/aromatic N) is 2. The van der Waals surface area contributed by atoms with E-state index < -0.39 is 0 Å². The summed E-state index contributed by atoms with van der Waals surface area (Å²) in [5.74, 6) is 1.12. The minimum absolute atomic E-state index is 1.12. The zero-order valence-electron chi connectivity index (χ0n) is 9.83. The smallest absolute Gasteiger partial charge is 0.128 e. The lowest BCUT2D eigenvalue weighted by Gasteiger charge is -2.31. The summed E-state index contributed by atoms with van der Waals surface area (Å²) in [4.78, 5) is 6.50. The zero-order valence-corrected chi connectivity index (χ0v) is 9.83. The summed E-state index contributed by atoms with van der Waals surface area (Å²) in [5, 5.41) is 0. The standard InChI is InChI=1S/C8H10N2.2C2H6/c1-2-5-9-8(4-1)10-6-3-7-10;2*1-2/h1-2,4-5H,3,6-7H2;2*1-2H3. The Morgan fingerprint density at radius 2 is 1.71 bits per heavy atom. The summed E-state index contributed by atoms with van der Waals surface area (Å²) in [6.07, 6.45) is 3.16. The summed E-state index contributed by atoms with van der Waals surface area (Å²) in [6.45, 7) is 10.4. The topological polar surface area (TPSA) is 16.1 Å². The largest absolute Gasteiger partial charge is 0.356 e. The molecule has 2 heteroatoms. The maximum absolute atomic E-state index is 4.23. The van der Waals surface area contributed by atoms with E-state index in [1.807, 2.05) is 46.0 Å². The molecule has 2 nitrogen and oxygen atoms in total. The highest BCUT2D eigenvalue weighted by molar-refractivity contribution is 5.39. The molecular formula is C12H22N2. The Kier molecular flexibility index (Phi) is 7.90. The molecule has 2 heterocycles. The maximum Gasteiger partial charge on any atom is 0.128 e. The molecule has 0 aliphatic carbocycles. The van der Waals surface area contributed by atoms with E-state index in [9.17, 15) is 0 Å². The average Bonchev–Trinajstić information content (AvgIpc) is 2.23. The highest BCUT2D eigenvalue weighted by Crippen LogP contribution is 2.15. The average molecular weight is 194 g/mol. The Hall–Kier alpha value is -1.05. The van der Waals surface area contributed by atoms with Gasteiger partial charge in [0, 0.05) is 19.3 Å². The van der Waals surface area contributed by atoms with E-state index in [-0.39, 0.29) is 0 Å². The quantitative estimate of drug-likeness (QED) is 0.681. The lowest BCUT2D eigenvalue weighted by Crippen LogP contribution is -2.37. The second-order valence-electron chi connectivity index (χ2n) is 2.53. The molecule has 0 N–H and O–H groups in total. The molecule has 0 atom stereocenters. The van der Waals surface area contributed by atoms with Crippen LogP contribution in [0.15, 0.2) is 24.4 Å². The van der Waals surface area contributed by atoms with Crippen LogP contribution in [0.3, 0.4) is 0 Å². The van der Waals surface area contributed by atoms with Crippen LogP contribution in [0.5, 0.6) is 0 Å². The molecule has 1 fully saturated rings. The van der Waals surface area contributed by atoms with E-state index in [2.05, 4.69) is 16.0 Å². The van der Waals surface area contributed by atoms with Crippen molar-refractivity contribution in [2.24, 2.45) is 0 Å². The van der Waals surface area contributed by atoms with Gasteiger partial charge in [-0.2, -0.15) is 0 Å². The highest BCUT2D eigenvalue weighted by atomic mass is 15.2. The molecule has 0 bridgehead atoms. The minimum Gasteiger partial charge on any atom is -0.356 e. The molecular weight excluding hydrogens is 172 g/mol. The number of aromatic nitrogens is 1. The Morgan fingerprint density at radius 1 is 1.07 bits per heavy atom. The van der Waals surface area contributed by atoms with Crippen molar-refractivity contribution in [3.05, 3.63) is 24.4 Å². The van der Waals surface area contributed by atoms with E-state index in [1.54, 1.807) is 0 Å². The molecule has 0 saturated carbocycles. The van der Waals surface area contributed by atoms with Gasteiger partial charge in [0.25, 0.3) is 0 Å². The molecule has 1 aromatic rings. The van der Waals surface area contributed by atoms with Crippen LogP contribution in [0.4, 0.5) is 5.82 Å². The van der Waals surface area contributed by atoms with Gasteiger partial charge in [-0.3, -0.25) is 0 Å². The third kappa shape index (κ3) is 3.77. The van der Waals surface area contributed by atoms with Crippen LogP contribution in [-0.4, -0.2) is 18.1 Å². The summed E-state index contributed by atoms with van der Waals surface area (Å²) in [6, 6.07) is 6.03. The summed E-state index contributed by atoms with van der Waals surface area (Å²) < 4.78 is 0. The number of hydrogen-bond acceptors (Lipinski definition) is 2. The first-order valence-corrected chi connectivity index (χ1v) is 5.63. The third-order valence-corrected chi connectivity index (χ3v) is 1.83. The van der Waals surface area contributed by atoms with Crippen LogP contribution in [-0.2, 0) is 0 Å². The van der Waals surface area contributed by atoms with E-state index >= 15 is 0 Å². The third-order valence-electron chi connectivity index (χ3n) is 1.83. The van der Waals surface area contributed by atoms with Gasteiger partial charge in [0.15, 0.2) is 0 Å². The zero-order chi connectivity index (χ0) is 10.8. The fourth-order valence-electron chi connectivity index (χ4n) is 1.09. The van der Waals surface area contributed by atoms with E-state index in [1.165, 1.54) is 19.5 Å². The van der Waals surface area contributed by atoms with Crippen LogP contribution < -0.4 is 4.90 Å². The number of hydrogen-bond donors (Lipinski definition) is 0. The van der Waals surface area contributed by atoms with Gasteiger partial charge < -0.3 is 4.90 Å². The Morgan fingerprint density at radius 3 is 2.07 bits per heavy atom. The van der Waals surface area contributed by atoms with Crippen molar-refractivity contribution in [1.82, 2.24) is 4.98 Å². The van der Waals surface area contributed by atoms with Gasteiger partial charge in [0.05, 0.1) is 0 Å². The number of pyridine rings is 1. The first-order valence-electron chi connectivity index (χ1n) is 5.63. The molecule has 1 aliphatic rings. The van der Waals surface area contributed by atoms with Crippen molar-refractivity contribution in [3.63, 3.8) is 0 Å². The van der Waals surface area contributed by atoms with Gasteiger partial charge in [0.1, 0.15) is 5.82 Å². The Bertz CT molecular complexity index is 205. The highest BCUT2D eigenvalue weighted by Gasteiger charge is 2.13. The van der Waals surface area contributed by atoms with Gasteiger partial charge in [-0.1, -0.05) is 33.8 Å². The van der Waals surface area contributed by atoms with Crippen molar-refractivity contribution >= 4 is 5.82 Å². The van der Waals surface area contributed by atoms with Crippen LogP contribution in [0.2, 0.25) is 0 Å². The van der Waals surface area contributed by atoms with Gasteiger partial charge in [-0.15, -0.1) is 0 Å². The minimum atomic E-state index is 1.12. The predicted octanol–water partition coefficient (Wildman–Crippen LogP) is 3.34. The van der Waals surface area contributed by atoms with Crippen molar-refractivity contribution in [2.75, 3.05) is 18.0 Å². The van der Waals surface area contributed by atoms with Crippen LogP contribution in [0, 0.1) is 0 Å². The first-order chi connectivity index (χ1) is 6.97. The number of rotatable bonds is 1. The molecule has 14 heavy (non-hydrogen) atoms. The van der Waals surface area contributed by atoms with Crippen molar-refractivity contribution in [2.45, 2.75) is 34.1 Å². The second kappa shape index (κ2) is 8.54. The van der Waals surface area contributed by atoms with Crippen molar-refractivity contribution in [3.8, 4) is 0 Å². The van der Waals surface area contributed by atoms with E-state index in [4.69, 9.17) is 0 Å². The van der Waals surface area contributed by atoms with E-state index in [0.29, 0.717) is 0 Å². The molecule has 2 rings (SSSR count). The molecule has 0 amide bonds. The summed E-state index contributed by atoms with van der Waals surface area (Å²) in [5.41, 5.74) is 0. The predicted molar refractivity (Wildman–Crippen MR) is 63.8 cm³/mol. The monoisotopic (exact) mass is 194 g/mol. The van der Waals surface area contributed by atoms with Crippen LogP contribution in [0.25, 0.3) is 0 Å². The molecule has 1 saturated heterocycles. The van der Waals surface area contributed by atoms with Crippen molar-refractivity contribution in [1.29, 1.82) is 0 Å². The lowest BCUT2D eigenvalue weighted by molar-refractivity contribution is 0.610. The van der Waals surface area contributed by atoms with Crippen LogP contribution in [0.1, 0.15) is 34.1 Å². The van der Waals surface area contributed by atoms with Crippen molar-refractivity contribution < 1.29 is 0 Å². The fourth-order valence-corrected chi connectivity index (χ4v) is 1.09. The van der Waals surface area contributed by atoms with Gasteiger partial charge in [-0.25, -0.2) is 4.98 Å². The maximum atomic E-state index is 4.23. The second-order valence-corrected chi connectivity index (χ2v) is 2.53. The SMILES string of the molecule is CC.CC.c1ccc(N2CCC2)nc1. The Balaban J connectivity index is 0.000000379. The molecule has 0 spiro atoms. The molecule has 0 radical (unpaired) electrons. The first kappa shape index (κ1) is 12.9. The van der Waals surface area contributed by atoms with Gasteiger partial charge >= 0.3 is 0 Å². The number of anilines is 1. The molecule has 80 valence electrons.